The minimum Gasteiger partial charge on any atom is -0.476 e. The summed E-state index contributed by atoms with van der Waals surface area (Å²) in [5.74, 6) is 0.916. The van der Waals surface area contributed by atoms with E-state index in [2.05, 4.69) is 26.2 Å². The second-order valence-electron chi connectivity index (χ2n) is 6.52. The zero-order valence-electron chi connectivity index (χ0n) is 14.8. The highest BCUT2D eigenvalue weighted by Gasteiger charge is 2.25. The fourth-order valence-corrected chi connectivity index (χ4v) is 3.29. The highest BCUT2D eigenvalue weighted by atomic mass is 16.5. The van der Waals surface area contributed by atoms with E-state index in [-0.39, 0.29) is 0 Å². The first kappa shape index (κ1) is 17.0. The quantitative estimate of drug-likeness (QED) is 0.697. The first-order valence-corrected chi connectivity index (χ1v) is 8.95. The van der Waals surface area contributed by atoms with Gasteiger partial charge in [0.05, 0.1) is 18.0 Å². The van der Waals surface area contributed by atoms with E-state index < -0.39 is 0 Å². The Morgan fingerprint density at radius 3 is 2.74 bits per heavy atom. The Hall–Kier alpha value is -3.46. The van der Waals surface area contributed by atoms with Crippen LogP contribution in [-0.4, -0.2) is 34.9 Å². The van der Waals surface area contributed by atoms with Gasteiger partial charge in [0.15, 0.2) is 5.69 Å². The van der Waals surface area contributed by atoms with Crippen LogP contribution in [0, 0.1) is 17.2 Å². The van der Waals surface area contributed by atoms with Gasteiger partial charge in [-0.2, -0.15) is 5.26 Å². The van der Waals surface area contributed by atoms with E-state index in [0.717, 1.165) is 36.5 Å². The molecule has 0 spiro atoms. The lowest BCUT2D eigenvalue weighted by Crippen LogP contribution is -2.23. The van der Waals surface area contributed by atoms with Gasteiger partial charge in [0.25, 0.3) is 0 Å². The van der Waals surface area contributed by atoms with Crippen molar-refractivity contribution in [1.29, 1.82) is 5.26 Å². The predicted molar refractivity (Wildman–Crippen MR) is 102 cm³/mol. The summed E-state index contributed by atoms with van der Waals surface area (Å²) in [5, 5.41) is 17.7. The van der Waals surface area contributed by atoms with E-state index in [4.69, 9.17) is 4.74 Å². The van der Waals surface area contributed by atoms with Crippen molar-refractivity contribution in [2.75, 3.05) is 24.6 Å². The molecule has 0 bridgehead atoms. The Morgan fingerprint density at radius 2 is 1.96 bits per heavy atom. The van der Waals surface area contributed by atoms with Crippen LogP contribution in [0.4, 0.5) is 5.69 Å². The number of pyridine rings is 1. The summed E-state index contributed by atoms with van der Waals surface area (Å²) in [6.07, 6.45) is 2.66. The number of hydrogen-bond donors (Lipinski definition) is 0. The number of nitrogens with zero attached hydrogens (tertiary/aromatic N) is 5. The lowest BCUT2D eigenvalue weighted by atomic mass is 10.1. The first-order valence-electron chi connectivity index (χ1n) is 8.95. The molecule has 27 heavy (non-hydrogen) atoms. The van der Waals surface area contributed by atoms with E-state index in [1.54, 1.807) is 6.20 Å². The molecule has 0 aliphatic carbocycles. The van der Waals surface area contributed by atoms with Gasteiger partial charge in [-0.05, 0) is 24.6 Å². The van der Waals surface area contributed by atoms with Crippen LogP contribution in [0.2, 0.25) is 0 Å². The Kier molecular flexibility index (Phi) is 4.93. The molecule has 3 aromatic rings. The molecule has 6 nitrogen and oxygen atoms in total. The van der Waals surface area contributed by atoms with Crippen molar-refractivity contribution in [1.82, 2.24) is 15.2 Å². The number of benzene rings is 1. The summed E-state index contributed by atoms with van der Waals surface area (Å²) in [4.78, 5) is 6.34. The van der Waals surface area contributed by atoms with Gasteiger partial charge in [-0.1, -0.05) is 30.3 Å². The zero-order chi connectivity index (χ0) is 18.5. The maximum Gasteiger partial charge on any atom is 0.233 e. The molecule has 1 aliphatic heterocycles. The Labute approximate surface area is 158 Å². The molecular weight excluding hydrogens is 338 g/mol. The zero-order valence-corrected chi connectivity index (χ0v) is 14.8. The van der Waals surface area contributed by atoms with Crippen LogP contribution in [0.25, 0.3) is 11.3 Å². The summed E-state index contributed by atoms with van der Waals surface area (Å²) in [5.41, 5.74) is 3.24. The summed E-state index contributed by atoms with van der Waals surface area (Å²) in [6.45, 7) is 2.32. The van der Waals surface area contributed by atoms with E-state index >= 15 is 0 Å². The first-order chi connectivity index (χ1) is 13.3. The minimum atomic E-state index is 0.382. The van der Waals surface area contributed by atoms with Gasteiger partial charge in [0, 0.05) is 36.8 Å². The van der Waals surface area contributed by atoms with E-state index in [0.29, 0.717) is 24.1 Å². The van der Waals surface area contributed by atoms with Crippen molar-refractivity contribution in [3.8, 4) is 23.2 Å². The van der Waals surface area contributed by atoms with Gasteiger partial charge in [0.1, 0.15) is 6.07 Å². The smallest absolute Gasteiger partial charge is 0.233 e. The monoisotopic (exact) mass is 357 g/mol. The number of aromatic nitrogens is 3. The van der Waals surface area contributed by atoms with E-state index in [1.807, 2.05) is 54.6 Å². The predicted octanol–water partition coefficient (Wildman–Crippen LogP) is 3.32. The highest BCUT2D eigenvalue weighted by Crippen LogP contribution is 2.26. The number of anilines is 1. The SMILES string of the molecule is N#Cc1ncccc1N1CCC(COc2ccc(-c3ccccc3)nn2)C1. The normalized spacial score (nSPS) is 16.1. The second kappa shape index (κ2) is 7.83. The molecule has 3 heterocycles. The van der Waals surface area contributed by atoms with E-state index in [9.17, 15) is 5.26 Å². The Morgan fingerprint density at radius 1 is 1.07 bits per heavy atom. The van der Waals surface area contributed by atoms with Crippen LogP contribution in [0.1, 0.15) is 12.1 Å². The standard InChI is InChI=1S/C21H19N5O/c22-13-19-20(7-4-11-23-19)26-12-10-16(14-26)15-27-21-9-8-18(24-25-21)17-5-2-1-3-6-17/h1-9,11,16H,10,12,14-15H2. The van der Waals surface area contributed by atoms with Crippen molar-refractivity contribution in [3.05, 3.63) is 66.5 Å². The molecule has 134 valence electrons. The Balaban J connectivity index is 1.34. The average molecular weight is 357 g/mol. The molecule has 1 fully saturated rings. The number of rotatable bonds is 5. The molecule has 0 N–H and O–H groups in total. The van der Waals surface area contributed by atoms with Gasteiger partial charge in [0.2, 0.25) is 5.88 Å². The summed E-state index contributed by atoms with van der Waals surface area (Å²) >= 11 is 0. The van der Waals surface area contributed by atoms with Crippen LogP contribution in [0.3, 0.4) is 0 Å². The van der Waals surface area contributed by atoms with Crippen molar-refractivity contribution in [2.45, 2.75) is 6.42 Å². The van der Waals surface area contributed by atoms with Crippen molar-refractivity contribution in [2.24, 2.45) is 5.92 Å². The molecule has 4 rings (SSSR count). The van der Waals surface area contributed by atoms with Crippen LogP contribution < -0.4 is 9.64 Å². The topological polar surface area (TPSA) is 74.9 Å². The average Bonchev–Trinajstić information content (AvgIpc) is 3.22. The summed E-state index contributed by atoms with van der Waals surface area (Å²) in [6, 6.07) is 19.7. The fourth-order valence-electron chi connectivity index (χ4n) is 3.29. The lowest BCUT2D eigenvalue weighted by Gasteiger charge is -2.19. The van der Waals surface area contributed by atoms with Crippen LogP contribution >= 0.6 is 0 Å². The molecule has 1 aromatic carbocycles. The minimum absolute atomic E-state index is 0.382. The molecule has 0 radical (unpaired) electrons. The number of ether oxygens (including phenoxy) is 1. The Bertz CT molecular complexity index is 937. The van der Waals surface area contributed by atoms with Gasteiger partial charge in [-0.15, -0.1) is 10.2 Å². The molecule has 0 saturated carbocycles. The van der Waals surface area contributed by atoms with Crippen LogP contribution in [-0.2, 0) is 0 Å². The summed E-state index contributed by atoms with van der Waals surface area (Å²) < 4.78 is 5.84. The molecule has 0 amide bonds. The van der Waals surface area contributed by atoms with E-state index in [1.165, 1.54) is 0 Å². The van der Waals surface area contributed by atoms with Gasteiger partial charge < -0.3 is 9.64 Å². The third kappa shape index (κ3) is 3.87. The third-order valence-corrected chi connectivity index (χ3v) is 4.70. The maximum atomic E-state index is 9.22. The molecule has 1 unspecified atom stereocenters. The van der Waals surface area contributed by atoms with Crippen molar-refractivity contribution in [3.63, 3.8) is 0 Å². The highest BCUT2D eigenvalue weighted by molar-refractivity contribution is 5.58. The number of hydrogen-bond acceptors (Lipinski definition) is 6. The molecular formula is C21H19N5O. The van der Waals surface area contributed by atoms with Crippen molar-refractivity contribution >= 4 is 5.69 Å². The molecule has 1 atom stereocenters. The maximum absolute atomic E-state index is 9.22. The van der Waals surface area contributed by atoms with Gasteiger partial charge >= 0.3 is 0 Å². The molecule has 2 aromatic heterocycles. The van der Waals surface area contributed by atoms with Crippen molar-refractivity contribution < 1.29 is 4.74 Å². The largest absolute Gasteiger partial charge is 0.476 e. The second-order valence-corrected chi connectivity index (χ2v) is 6.52. The van der Waals surface area contributed by atoms with Gasteiger partial charge in [-0.3, -0.25) is 0 Å². The van der Waals surface area contributed by atoms with Gasteiger partial charge in [-0.25, -0.2) is 4.98 Å². The fraction of sp³-hybridized carbons (Fsp3) is 0.238. The third-order valence-electron chi connectivity index (χ3n) is 4.70. The molecule has 1 saturated heterocycles. The lowest BCUT2D eigenvalue weighted by molar-refractivity contribution is 0.249. The molecule has 6 heteroatoms. The van der Waals surface area contributed by atoms with Crippen LogP contribution in [0.5, 0.6) is 5.88 Å². The molecule has 1 aliphatic rings. The number of nitriles is 1. The van der Waals surface area contributed by atoms with Crippen LogP contribution in [0.15, 0.2) is 60.8 Å². The summed E-state index contributed by atoms with van der Waals surface area (Å²) in [7, 11) is 0.